The normalized spacial score (nSPS) is 11.1. The molecule has 0 spiro atoms. The standard InChI is InChI=1S/C9H14NO4P/c1-12-9-6-4-5-8(7-9)10-15(11,13-2)14-3/h4-7H,1-3H3,(H,10,11). The maximum absolute atomic E-state index is 11.7. The number of rotatable bonds is 5. The Morgan fingerprint density at radius 1 is 1.20 bits per heavy atom. The van der Waals surface area contributed by atoms with Crippen molar-refractivity contribution in [2.45, 2.75) is 0 Å². The van der Waals surface area contributed by atoms with Crippen LogP contribution in [0.5, 0.6) is 5.75 Å². The van der Waals surface area contributed by atoms with Gasteiger partial charge in [0.1, 0.15) is 5.75 Å². The molecule has 6 heteroatoms. The molecule has 0 bridgehead atoms. The van der Waals surface area contributed by atoms with E-state index in [9.17, 15) is 4.57 Å². The van der Waals surface area contributed by atoms with Crippen molar-refractivity contribution in [1.29, 1.82) is 0 Å². The lowest BCUT2D eigenvalue weighted by Gasteiger charge is -2.15. The summed E-state index contributed by atoms with van der Waals surface area (Å²) in [4.78, 5) is 0. The second-order valence-electron chi connectivity index (χ2n) is 2.71. The van der Waals surface area contributed by atoms with E-state index in [1.54, 1.807) is 31.4 Å². The fourth-order valence-electron chi connectivity index (χ4n) is 1.02. The van der Waals surface area contributed by atoms with Crippen molar-refractivity contribution in [3.05, 3.63) is 24.3 Å². The molecule has 0 aliphatic heterocycles. The molecular formula is C9H14NO4P. The average Bonchev–Trinajstić information content (AvgIpc) is 2.29. The van der Waals surface area contributed by atoms with E-state index in [-0.39, 0.29) is 0 Å². The second-order valence-corrected chi connectivity index (χ2v) is 4.66. The highest BCUT2D eigenvalue weighted by molar-refractivity contribution is 7.55. The number of benzene rings is 1. The van der Waals surface area contributed by atoms with Crippen molar-refractivity contribution in [2.24, 2.45) is 0 Å². The first-order valence-electron chi connectivity index (χ1n) is 4.27. The number of hydrogen-bond acceptors (Lipinski definition) is 4. The van der Waals surface area contributed by atoms with E-state index in [1.165, 1.54) is 14.2 Å². The van der Waals surface area contributed by atoms with Gasteiger partial charge in [0.15, 0.2) is 0 Å². The van der Waals surface area contributed by atoms with E-state index in [0.717, 1.165) is 0 Å². The van der Waals surface area contributed by atoms with E-state index in [2.05, 4.69) is 5.09 Å². The number of anilines is 1. The first kappa shape index (κ1) is 12.0. The Hall–Kier alpha value is -1.03. The number of methoxy groups -OCH3 is 1. The van der Waals surface area contributed by atoms with E-state index in [4.69, 9.17) is 13.8 Å². The van der Waals surface area contributed by atoms with Gasteiger partial charge in [0.2, 0.25) is 0 Å². The average molecular weight is 231 g/mol. The van der Waals surface area contributed by atoms with Crippen molar-refractivity contribution in [3.8, 4) is 5.75 Å². The van der Waals surface area contributed by atoms with Crippen LogP contribution in [0.3, 0.4) is 0 Å². The van der Waals surface area contributed by atoms with Crippen LogP contribution < -0.4 is 9.82 Å². The molecule has 0 amide bonds. The number of hydrogen-bond donors (Lipinski definition) is 1. The van der Waals surface area contributed by atoms with Gasteiger partial charge in [-0.2, -0.15) is 0 Å². The Labute approximate surface area is 88.9 Å². The molecular weight excluding hydrogens is 217 g/mol. The van der Waals surface area contributed by atoms with E-state index in [1.807, 2.05) is 0 Å². The summed E-state index contributed by atoms with van der Waals surface area (Å²) in [5.74, 6) is 0.666. The van der Waals surface area contributed by atoms with Gasteiger partial charge in [0.25, 0.3) is 0 Å². The van der Waals surface area contributed by atoms with Gasteiger partial charge in [-0.05, 0) is 12.1 Å². The van der Waals surface area contributed by atoms with Gasteiger partial charge in [-0.25, -0.2) is 4.57 Å². The SMILES string of the molecule is COc1cccc(NP(=O)(OC)OC)c1. The monoisotopic (exact) mass is 231 g/mol. The Morgan fingerprint density at radius 3 is 2.40 bits per heavy atom. The van der Waals surface area contributed by atoms with Crippen LogP contribution >= 0.6 is 7.75 Å². The number of nitrogens with one attached hydrogen (secondary N) is 1. The minimum absolute atomic E-state index is 0.612. The lowest BCUT2D eigenvalue weighted by molar-refractivity contribution is 0.281. The Kier molecular flexibility index (Phi) is 4.15. The van der Waals surface area contributed by atoms with Gasteiger partial charge in [-0.1, -0.05) is 6.07 Å². The lowest BCUT2D eigenvalue weighted by Crippen LogP contribution is -2.00. The van der Waals surface area contributed by atoms with Crippen LogP contribution in [0, 0.1) is 0 Å². The van der Waals surface area contributed by atoms with Crippen molar-refractivity contribution >= 4 is 13.4 Å². The van der Waals surface area contributed by atoms with Crippen LogP contribution in [-0.2, 0) is 13.6 Å². The van der Waals surface area contributed by atoms with Gasteiger partial charge in [0.05, 0.1) is 7.11 Å². The van der Waals surface area contributed by atoms with Crippen LogP contribution in [0.1, 0.15) is 0 Å². The molecule has 0 radical (unpaired) electrons. The van der Waals surface area contributed by atoms with Crippen molar-refractivity contribution in [1.82, 2.24) is 0 Å². The molecule has 84 valence electrons. The van der Waals surface area contributed by atoms with Crippen molar-refractivity contribution in [2.75, 3.05) is 26.4 Å². The van der Waals surface area contributed by atoms with Crippen LogP contribution in [-0.4, -0.2) is 21.3 Å². The maximum Gasteiger partial charge on any atom is 0.432 e. The zero-order valence-electron chi connectivity index (χ0n) is 8.89. The predicted octanol–water partition coefficient (Wildman–Crippen LogP) is 2.51. The molecule has 0 unspecified atom stereocenters. The highest BCUT2D eigenvalue weighted by Gasteiger charge is 2.20. The van der Waals surface area contributed by atoms with E-state index in [0.29, 0.717) is 11.4 Å². The van der Waals surface area contributed by atoms with Crippen LogP contribution in [0.25, 0.3) is 0 Å². The predicted molar refractivity (Wildman–Crippen MR) is 58.2 cm³/mol. The molecule has 0 aromatic heterocycles. The molecule has 1 aromatic rings. The highest BCUT2D eigenvalue weighted by atomic mass is 31.2. The molecule has 0 atom stereocenters. The molecule has 0 saturated carbocycles. The molecule has 0 fully saturated rings. The summed E-state index contributed by atoms with van der Waals surface area (Å²) in [5.41, 5.74) is 0.612. The summed E-state index contributed by atoms with van der Waals surface area (Å²) in [6, 6.07) is 7.00. The van der Waals surface area contributed by atoms with Gasteiger partial charge in [-0.15, -0.1) is 0 Å². The summed E-state index contributed by atoms with van der Waals surface area (Å²) in [5, 5.41) is 2.66. The summed E-state index contributed by atoms with van der Waals surface area (Å²) in [6.45, 7) is 0. The maximum atomic E-state index is 11.7. The Morgan fingerprint density at radius 2 is 1.87 bits per heavy atom. The van der Waals surface area contributed by atoms with E-state index >= 15 is 0 Å². The quantitative estimate of drug-likeness (QED) is 0.789. The Bertz CT molecular complexity index is 361. The summed E-state index contributed by atoms with van der Waals surface area (Å²) in [7, 11) is 0.956. The molecule has 1 aromatic carbocycles. The summed E-state index contributed by atoms with van der Waals surface area (Å²) in [6.07, 6.45) is 0. The zero-order valence-corrected chi connectivity index (χ0v) is 9.78. The fraction of sp³-hybridized carbons (Fsp3) is 0.333. The lowest BCUT2D eigenvalue weighted by atomic mass is 10.3. The molecule has 15 heavy (non-hydrogen) atoms. The van der Waals surface area contributed by atoms with Crippen molar-refractivity contribution < 1.29 is 18.3 Å². The molecule has 1 N–H and O–H groups in total. The smallest absolute Gasteiger partial charge is 0.432 e. The van der Waals surface area contributed by atoms with Crippen LogP contribution in [0.15, 0.2) is 24.3 Å². The molecule has 0 aliphatic carbocycles. The minimum atomic E-state index is -3.24. The number of ether oxygens (including phenoxy) is 1. The largest absolute Gasteiger partial charge is 0.497 e. The highest BCUT2D eigenvalue weighted by Crippen LogP contribution is 2.46. The Balaban J connectivity index is 2.84. The van der Waals surface area contributed by atoms with Gasteiger partial charge >= 0.3 is 7.75 Å². The summed E-state index contributed by atoms with van der Waals surface area (Å²) < 4.78 is 26.2. The first-order chi connectivity index (χ1) is 7.13. The molecule has 0 aliphatic rings. The third-order valence-electron chi connectivity index (χ3n) is 1.82. The van der Waals surface area contributed by atoms with Crippen molar-refractivity contribution in [3.63, 3.8) is 0 Å². The topological polar surface area (TPSA) is 56.8 Å². The molecule has 0 saturated heterocycles. The van der Waals surface area contributed by atoms with Crippen LogP contribution in [0.2, 0.25) is 0 Å². The first-order valence-corrected chi connectivity index (χ1v) is 5.81. The van der Waals surface area contributed by atoms with Gasteiger partial charge in [-0.3, -0.25) is 14.1 Å². The van der Waals surface area contributed by atoms with Gasteiger partial charge < -0.3 is 4.74 Å². The molecule has 5 nitrogen and oxygen atoms in total. The zero-order chi connectivity index (χ0) is 11.3. The third-order valence-corrected chi connectivity index (χ3v) is 3.31. The minimum Gasteiger partial charge on any atom is -0.497 e. The molecule has 1 rings (SSSR count). The van der Waals surface area contributed by atoms with Crippen LogP contribution in [0.4, 0.5) is 5.69 Å². The summed E-state index contributed by atoms with van der Waals surface area (Å²) >= 11 is 0. The van der Waals surface area contributed by atoms with Gasteiger partial charge in [0, 0.05) is 26.0 Å². The third kappa shape index (κ3) is 3.23. The fourth-order valence-corrected chi connectivity index (χ4v) is 1.80. The second kappa shape index (κ2) is 5.16. The molecule has 0 heterocycles. The van der Waals surface area contributed by atoms with E-state index < -0.39 is 7.75 Å².